The van der Waals surface area contributed by atoms with E-state index in [9.17, 15) is 4.79 Å². The highest BCUT2D eigenvalue weighted by atomic mass is 16.5. The molecule has 9 heavy (non-hydrogen) atoms. The van der Waals surface area contributed by atoms with Crippen molar-refractivity contribution >= 4 is 5.97 Å². The van der Waals surface area contributed by atoms with E-state index in [4.69, 9.17) is 0 Å². The number of methoxy groups -OCH3 is 1. The summed E-state index contributed by atoms with van der Waals surface area (Å²) in [4.78, 5) is 10.3. The molecule has 0 N–H and O–H groups in total. The topological polar surface area (TPSA) is 26.3 Å². The minimum Gasteiger partial charge on any atom is -0.459 e. The molecule has 0 aliphatic heterocycles. The average Bonchev–Trinajstić information content (AvgIpc) is 1.83. The van der Waals surface area contributed by atoms with Gasteiger partial charge in [-0.15, -0.1) is 0 Å². The summed E-state index contributed by atoms with van der Waals surface area (Å²) >= 11 is 0. The molecule has 0 spiro atoms. The van der Waals surface area contributed by atoms with Crippen molar-refractivity contribution in [2.45, 2.75) is 13.8 Å². The fraction of sp³-hybridized carbons (Fsp3) is 0.571. The predicted molar refractivity (Wildman–Crippen MR) is 34.6 cm³/mol. The average molecular weight is 126 g/mol. The molecule has 0 heterocycles. The molecule has 0 aromatic carbocycles. The first-order chi connectivity index (χ1) is 4.16. The van der Waals surface area contributed by atoms with E-state index in [1.807, 2.05) is 13.8 Å². The van der Waals surface area contributed by atoms with Gasteiger partial charge in [0, 0.05) is 11.8 Å². The second-order valence-electron chi connectivity index (χ2n) is 1.92. The van der Waals surface area contributed by atoms with Crippen molar-refractivity contribution in [3.8, 4) is 11.8 Å². The van der Waals surface area contributed by atoms with Gasteiger partial charge >= 0.3 is 5.97 Å². The highest BCUT2D eigenvalue weighted by Gasteiger charge is 1.89. The Labute approximate surface area is 55.2 Å². The summed E-state index contributed by atoms with van der Waals surface area (Å²) in [6.07, 6.45) is 0. The summed E-state index contributed by atoms with van der Waals surface area (Å²) in [5, 5.41) is 0. The number of hydrogen-bond donors (Lipinski definition) is 0. The van der Waals surface area contributed by atoms with Gasteiger partial charge in [0.1, 0.15) is 0 Å². The van der Waals surface area contributed by atoms with Gasteiger partial charge in [0.15, 0.2) is 0 Å². The normalized spacial score (nSPS) is 8.00. The third kappa shape index (κ3) is 4.89. The quantitative estimate of drug-likeness (QED) is 0.273. The molecule has 0 saturated carbocycles. The molecule has 0 atom stereocenters. The number of carbonyl (C=O) groups excluding carboxylic acids is 1. The maximum Gasteiger partial charge on any atom is 0.384 e. The first kappa shape index (κ1) is 8.03. The van der Waals surface area contributed by atoms with Crippen molar-refractivity contribution in [3.63, 3.8) is 0 Å². The maximum atomic E-state index is 10.3. The molecule has 0 unspecified atom stereocenters. The molecule has 0 aliphatic carbocycles. The van der Waals surface area contributed by atoms with Crippen LogP contribution in [0.15, 0.2) is 0 Å². The van der Waals surface area contributed by atoms with E-state index in [-0.39, 0.29) is 5.92 Å². The zero-order valence-electron chi connectivity index (χ0n) is 5.89. The number of carbonyl (C=O) groups is 1. The van der Waals surface area contributed by atoms with Crippen LogP contribution in [0.3, 0.4) is 0 Å². The van der Waals surface area contributed by atoms with E-state index in [0.717, 1.165) is 0 Å². The van der Waals surface area contributed by atoms with E-state index >= 15 is 0 Å². The Morgan fingerprint density at radius 3 is 2.44 bits per heavy atom. The Bertz CT molecular complexity index is 148. The third-order valence-corrected chi connectivity index (χ3v) is 0.648. The Kier molecular flexibility index (Phi) is 3.54. The van der Waals surface area contributed by atoms with Crippen molar-refractivity contribution in [3.05, 3.63) is 0 Å². The molecule has 0 aromatic rings. The number of hydrogen-bond acceptors (Lipinski definition) is 2. The molecule has 0 rings (SSSR count). The number of esters is 1. The molecule has 0 amide bonds. The first-order valence-electron chi connectivity index (χ1n) is 2.76. The van der Waals surface area contributed by atoms with Crippen LogP contribution in [0.2, 0.25) is 0 Å². The van der Waals surface area contributed by atoms with Crippen molar-refractivity contribution in [1.82, 2.24) is 0 Å². The van der Waals surface area contributed by atoms with E-state index in [2.05, 4.69) is 16.6 Å². The SMILES string of the molecule is COC(=O)C#CC(C)C. The Morgan fingerprint density at radius 1 is 1.56 bits per heavy atom. The van der Waals surface area contributed by atoms with Gasteiger partial charge in [-0.05, 0) is 0 Å². The van der Waals surface area contributed by atoms with E-state index in [1.54, 1.807) is 0 Å². The molecule has 2 nitrogen and oxygen atoms in total. The fourth-order valence-electron chi connectivity index (χ4n) is 0.254. The lowest BCUT2D eigenvalue weighted by molar-refractivity contribution is -0.133. The van der Waals surface area contributed by atoms with Crippen molar-refractivity contribution in [2.24, 2.45) is 5.92 Å². The van der Waals surface area contributed by atoms with Gasteiger partial charge in [-0.3, -0.25) is 0 Å². The monoisotopic (exact) mass is 126 g/mol. The first-order valence-corrected chi connectivity index (χ1v) is 2.76. The lowest BCUT2D eigenvalue weighted by atomic mass is 10.2. The zero-order chi connectivity index (χ0) is 7.28. The molecule has 2 heteroatoms. The summed E-state index contributed by atoms with van der Waals surface area (Å²) in [5.74, 6) is 4.75. The molecule has 0 aliphatic rings. The minimum atomic E-state index is -0.469. The van der Waals surface area contributed by atoms with Crippen molar-refractivity contribution in [1.29, 1.82) is 0 Å². The van der Waals surface area contributed by atoms with Crippen LogP contribution in [0.25, 0.3) is 0 Å². The van der Waals surface area contributed by atoms with Crippen molar-refractivity contribution < 1.29 is 9.53 Å². The molecule has 0 fully saturated rings. The maximum absolute atomic E-state index is 10.3. The molecule has 0 aromatic heterocycles. The highest BCUT2D eigenvalue weighted by molar-refractivity contribution is 5.88. The largest absolute Gasteiger partial charge is 0.459 e. The smallest absolute Gasteiger partial charge is 0.384 e. The molecule has 50 valence electrons. The summed E-state index contributed by atoms with van der Waals surface area (Å²) in [6.45, 7) is 3.83. The van der Waals surface area contributed by atoms with Crippen LogP contribution in [0.5, 0.6) is 0 Å². The summed E-state index contributed by atoms with van der Waals surface area (Å²) in [7, 11) is 1.32. The number of ether oxygens (including phenoxy) is 1. The molecule has 0 saturated heterocycles. The van der Waals surface area contributed by atoms with Crippen LogP contribution in [-0.4, -0.2) is 13.1 Å². The van der Waals surface area contributed by atoms with Crippen LogP contribution < -0.4 is 0 Å². The molecule has 0 bridgehead atoms. The van der Waals surface area contributed by atoms with E-state index in [1.165, 1.54) is 7.11 Å². The minimum absolute atomic E-state index is 0.226. The van der Waals surface area contributed by atoms with E-state index in [0.29, 0.717) is 0 Å². The van der Waals surface area contributed by atoms with Gasteiger partial charge in [0.25, 0.3) is 0 Å². The van der Waals surface area contributed by atoms with Crippen LogP contribution in [0, 0.1) is 17.8 Å². The third-order valence-electron chi connectivity index (χ3n) is 0.648. The van der Waals surface area contributed by atoms with Crippen LogP contribution >= 0.6 is 0 Å². The predicted octanol–water partition coefficient (Wildman–Crippen LogP) is 0.819. The zero-order valence-corrected chi connectivity index (χ0v) is 5.89. The second-order valence-corrected chi connectivity index (χ2v) is 1.92. The Morgan fingerprint density at radius 2 is 2.11 bits per heavy atom. The number of rotatable bonds is 0. The van der Waals surface area contributed by atoms with Gasteiger partial charge in [-0.25, -0.2) is 4.79 Å². The molecular formula is C7H10O2. The van der Waals surface area contributed by atoms with E-state index < -0.39 is 5.97 Å². The lowest BCUT2D eigenvalue weighted by Crippen LogP contribution is -1.95. The fourth-order valence-corrected chi connectivity index (χ4v) is 0.254. The van der Waals surface area contributed by atoms with Crippen LogP contribution in [-0.2, 0) is 9.53 Å². The second kappa shape index (κ2) is 3.96. The Balaban J connectivity index is 3.73. The highest BCUT2D eigenvalue weighted by Crippen LogP contribution is 1.85. The van der Waals surface area contributed by atoms with Crippen LogP contribution in [0.4, 0.5) is 0 Å². The van der Waals surface area contributed by atoms with Crippen LogP contribution in [0.1, 0.15) is 13.8 Å². The Hall–Kier alpha value is -0.970. The summed E-state index contributed by atoms with van der Waals surface area (Å²) < 4.78 is 4.29. The van der Waals surface area contributed by atoms with Gasteiger partial charge in [0.05, 0.1) is 7.11 Å². The molecular weight excluding hydrogens is 116 g/mol. The van der Waals surface area contributed by atoms with Gasteiger partial charge in [0.2, 0.25) is 0 Å². The summed E-state index contributed by atoms with van der Waals surface area (Å²) in [6, 6.07) is 0. The van der Waals surface area contributed by atoms with Gasteiger partial charge in [-0.1, -0.05) is 19.8 Å². The van der Waals surface area contributed by atoms with Gasteiger partial charge in [-0.2, -0.15) is 0 Å². The molecule has 0 radical (unpaired) electrons. The van der Waals surface area contributed by atoms with Gasteiger partial charge < -0.3 is 4.74 Å². The van der Waals surface area contributed by atoms with Crippen molar-refractivity contribution in [2.75, 3.05) is 7.11 Å². The summed E-state index contributed by atoms with van der Waals surface area (Å²) in [5.41, 5.74) is 0. The standard InChI is InChI=1S/C7H10O2/c1-6(2)4-5-7(8)9-3/h6H,1-3H3. The lowest BCUT2D eigenvalue weighted by Gasteiger charge is -1.87.